The van der Waals surface area contributed by atoms with Crippen molar-refractivity contribution < 1.29 is 24.9 Å². The third-order valence-electron chi connectivity index (χ3n) is 2.14. The van der Waals surface area contributed by atoms with Crippen LogP contribution in [0.25, 0.3) is 0 Å². The Hall–Kier alpha value is -0.690. The fourth-order valence-electron chi connectivity index (χ4n) is 1.30. The number of ether oxygens (including phenoxy) is 1. The van der Waals surface area contributed by atoms with Gasteiger partial charge in [0.05, 0.1) is 6.10 Å². The summed E-state index contributed by atoms with van der Waals surface area (Å²) in [5.74, 6) is -0.981. The quantitative estimate of drug-likeness (QED) is 0.380. The molecule has 5 atom stereocenters. The van der Waals surface area contributed by atoms with E-state index in [2.05, 4.69) is 0 Å². The molecule has 0 aliphatic carbocycles. The Morgan fingerprint density at radius 1 is 1.46 bits per heavy atom. The maximum atomic E-state index is 10.5. The highest BCUT2D eigenvalue weighted by molar-refractivity contribution is 5.79. The molecule has 0 spiro atoms. The summed E-state index contributed by atoms with van der Waals surface area (Å²) in [6, 6.07) is 0. The smallest absolute Gasteiger partial charge is 0.249 e. The monoisotopic (exact) mass is 191 g/mol. The van der Waals surface area contributed by atoms with Gasteiger partial charge in [0.25, 0.3) is 0 Å². The number of amides is 1. The molecule has 1 fully saturated rings. The maximum Gasteiger partial charge on any atom is 0.249 e. The van der Waals surface area contributed by atoms with E-state index in [4.69, 9.17) is 15.6 Å². The molecule has 1 rings (SSSR count). The number of aliphatic hydroxyl groups is 3. The van der Waals surface area contributed by atoms with Crippen molar-refractivity contribution in [3.05, 3.63) is 0 Å². The minimum atomic E-state index is -1.59. The highest BCUT2D eigenvalue weighted by Gasteiger charge is 2.45. The summed E-state index contributed by atoms with van der Waals surface area (Å²) in [5, 5.41) is 27.7. The van der Waals surface area contributed by atoms with Crippen molar-refractivity contribution in [1.82, 2.24) is 0 Å². The Balaban J connectivity index is 2.68. The first-order valence-corrected chi connectivity index (χ1v) is 3.94. The molecule has 1 aliphatic rings. The molecule has 1 aliphatic heterocycles. The molecule has 0 aromatic rings. The van der Waals surface area contributed by atoms with Crippen LogP contribution < -0.4 is 5.73 Å². The van der Waals surface area contributed by atoms with Crippen molar-refractivity contribution in [2.75, 3.05) is 0 Å². The van der Waals surface area contributed by atoms with Crippen molar-refractivity contribution >= 4 is 5.91 Å². The number of aliphatic hydroxyl groups excluding tert-OH is 3. The first kappa shape index (κ1) is 10.4. The van der Waals surface area contributed by atoms with E-state index in [1.807, 2.05) is 0 Å². The average Bonchev–Trinajstić information content (AvgIpc) is 2.31. The number of primary amides is 1. The molecule has 1 saturated heterocycles. The van der Waals surface area contributed by atoms with Crippen LogP contribution in [0.4, 0.5) is 0 Å². The van der Waals surface area contributed by atoms with Crippen LogP contribution in [-0.2, 0) is 9.53 Å². The first-order valence-electron chi connectivity index (χ1n) is 3.94. The van der Waals surface area contributed by atoms with Crippen LogP contribution in [0.1, 0.15) is 6.92 Å². The summed E-state index contributed by atoms with van der Waals surface area (Å²) >= 11 is 0. The van der Waals surface area contributed by atoms with Crippen molar-refractivity contribution in [3.63, 3.8) is 0 Å². The van der Waals surface area contributed by atoms with Gasteiger partial charge in [0.1, 0.15) is 18.3 Å². The van der Waals surface area contributed by atoms with E-state index in [9.17, 15) is 15.0 Å². The second-order valence-electron chi connectivity index (χ2n) is 3.13. The normalized spacial score (nSPS) is 41.8. The van der Waals surface area contributed by atoms with Crippen LogP contribution >= 0.6 is 0 Å². The maximum absolute atomic E-state index is 10.5. The SMILES string of the molecule is C[C@@H]1O[C@H](C(O)C(N)=O)C(O)C1O. The predicted octanol–water partition coefficient (Wildman–Crippen LogP) is -2.66. The number of rotatable bonds is 2. The highest BCUT2D eigenvalue weighted by atomic mass is 16.6. The third-order valence-corrected chi connectivity index (χ3v) is 2.14. The average molecular weight is 191 g/mol. The Kier molecular flexibility index (Phi) is 2.87. The lowest BCUT2D eigenvalue weighted by Crippen LogP contribution is -2.45. The molecule has 13 heavy (non-hydrogen) atoms. The molecular formula is C7H13NO5. The summed E-state index contributed by atoms with van der Waals surface area (Å²) in [5.41, 5.74) is 4.81. The van der Waals surface area contributed by atoms with Crippen molar-refractivity contribution in [2.45, 2.75) is 37.4 Å². The second kappa shape index (κ2) is 3.59. The lowest BCUT2D eigenvalue weighted by Gasteiger charge is -2.17. The van der Waals surface area contributed by atoms with E-state index in [0.29, 0.717) is 0 Å². The molecule has 0 aromatic carbocycles. The van der Waals surface area contributed by atoms with Crippen molar-refractivity contribution in [1.29, 1.82) is 0 Å². The minimum absolute atomic E-state index is 0.617. The number of nitrogens with two attached hydrogens (primary N) is 1. The first-order chi connectivity index (χ1) is 5.95. The highest BCUT2D eigenvalue weighted by Crippen LogP contribution is 2.23. The molecule has 76 valence electrons. The van der Waals surface area contributed by atoms with Crippen LogP contribution in [0.2, 0.25) is 0 Å². The lowest BCUT2D eigenvalue weighted by atomic mass is 10.0. The predicted molar refractivity (Wildman–Crippen MR) is 41.5 cm³/mol. The largest absolute Gasteiger partial charge is 0.388 e. The molecule has 6 heteroatoms. The fraction of sp³-hybridized carbons (Fsp3) is 0.857. The zero-order chi connectivity index (χ0) is 10.2. The lowest BCUT2D eigenvalue weighted by molar-refractivity contribution is -0.137. The van der Waals surface area contributed by atoms with Gasteiger partial charge < -0.3 is 25.8 Å². The summed E-state index contributed by atoms with van der Waals surface area (Å²) in [4.78, 5) is 10.5. The zero-order valence-electron chi connectivity index (χ0n) is 7.12. The van der Waals surface area contributed by atoms with Gasteiger partial charge in [-0.15, -0.1) is 0 Å². The van der Waals surface area contributed by atoms with Gasteiger partial charge in [0.15, 0.2) is 6.10 Å². The topological polar surface area (TPSA) is 113 Å². The van der Waals surface area contributed by atoms with Gasteiger partial charge in [-0.1, -0.05) is 0 Å². The van der Waals surface area contributed by atoms with Crippen LogP contribution in [0.3, 0.4) is 0 Å². The van der Waals surface area contributed by atoms with Crippen molar-refractivity contribution in [3.8, 4) is 0 Å². The van der Waals surface area contributed by atoms with Crippen LogP contribution in [0.5, 0.6) is 0 Å². The minimum Gasteiger partial charge on any atom is -0.388 e. The standard InChI is InChI=1S/C7H13NO5/c1-2-3(9)4(10)6(13-2)5(11)7(8)12/h2-6,9-11H,1H3,(H2,8,12)/t2-,3?,4?,5?,6-/m0/s1. The van der Waals surface area contributed by atoms with E-state index in [1.54, 1.807) is 0 Å². The second-order valence-corrected chi connectivity index (χ2v) is 3.13. The van der Waals surface area contributed by atoms with Gasteiger partial charge in [-0.05, 0) is 6.92 Å². The molecule has 5 N–H and O–H groups in total. The molecule has 6 nitrogen and oxygen atoms in total. The van der Waals surface area contributed by atoms with E-state index >= 15 is 0 Å². The molecule has 1 heterocycles. The molecule has 3 unspecified atom stereocenters. The Labute approximate surface area is 74.9 Å². The van der Waals surface area contributed by atoms with E-state index in [1.165, 1.54) is 6.92 Å². The molecule has 0 bridgehead atoms. The third kappa shape index (κ3) is 1.80. The molecular weight excluding hydrogens is 178 g/mol. The number of hydrogen-bond donors (Lipinski definition) is 4. The van der Waals surface area contributed by atoms with Crippen LogP contribution in [0, 0.1) is 0 Å². The Bertz CT molecular complexity index is 209. The number of hydrogen-bond acceptors (Lipinski definition) is 5. The molecule has 0 radical (unpaired) electrons. The van der Waals surface area contributed by atoms with E-state index in [0.717, 1.165) is 0 Å². The van der Waals surface area contributed by atoms with E-state index in [-0.39, 0.29) is 0 Å². The van der Waals surface area contributed by atoms with Gasteiger partial charge in [-0.2, -0.15) is 0 Å². The van der Waals surface area contributed by atoms with Crippen LogP contribution in [-0.4, -0.2) is 51.7 Å². The van der Waals surface area contributed by atoms with Gasteiger partial charge in [0.2, 0.25) is 5.91 Å². The number of carbonyl (C=O) groups excluding carboxylic acids is 1. The summed E-state index contributed by atoms with van der Waals surface area (Å²) in [6.45, 7) is 1.53. The Morgan fingerprint density at radius 2 is 2.00 bits per heavy atom. The van der Waals surface area contributed by atoms with Gasteiger partial charge in [-0.3, -0.25) is 4.79 Å². The van der Waals surface area contributed by atoms with Crippen molar-refractivity contribution in [2.24, 2.45) is 5.73 Å². The van der Waals surface area contributed by atoms with Crippen LogP contribution in [0.15, 0.2) is 0 Å². The molecule has 0 aromatic heterocycles. The fourth-order valence-corrected chi connectivity index (χ4v) is 1.30. The van der Waals surface area contributed by atoms with E-state index < -0.39 is 36.4 Å². The summed E-state index contributed by atoms with van der Waals surface area (Å²) < 4.78 is 4.96. The van der Waals surface area contributed by atoms with Gasteiger partial charge in [-0.25, -0.2) is 0 Å². The van der Waals surface area contributed by atoms with Gasteiger partial charge >= 0.3 is 0 Å². The summed E-state index contributed by atoms with van der Waals surface area (Å²) in [6.07, 6.45) is -5.72. The zero-order valence-corrected chi connectivity index (χ0v) is 7.12. The molecule has 1 amide bonds. The Morgan fingerprint density at radius 3 is 2.31 bits per heavy atom. The summed E-state index contributed by atoms with van der Waals surface area (Å²) in [7, 11) is 0. The molecule has 0 saturated carbocycles. The van der Waals surface area contributed by atoms with Gasteiger partial charge in [0, 0.05) is 0 Å². The number of carbonyl (C=O) groups is 1.